The van der Waals surface area contributed by atoms with E-state index in [1.54, 1.807) is 6.92 Å². The van der Waals surface area contributed by atoms with E-state index in [4.69, 9.17) is 15.1 Å². The third-order valence-electron chi connectivity index (χ3n) is 2.57. The van der Waals surface area contributed by atoms with Gasteiger partial charge in [-0.05, 0) is 19.4 Å². The number of aliphatic carboxylic acids is 1. The number of allylic oxidation sites excluding steroid dienone is 3. The smallest absolute Gasteiger partial charge is 0.334 e. The molecule has 1 N–H and O–H groups in total. The summed E-state index contributed by atoms with van der Waals surface area (Å²) in [5.74, 6) is -0.973. The van der Waals surface area contributed by atoms with Crippen molar-refractivity contribution >= 4 is 11.9 Å². The molecule has 24 heavy (non-hydrogen) atoms. The summed E-state index contributed by atoms with van der Waals surface area (Å²) >= 11 is 0. The van der Waals surface area contributed by atoms with Gasteiger partial charge in [0, 0.05) is 12.5 Å². The van der Waals surface area contributed by atoms with E-state index in [9.17, 15) is 9.59 Å². The van der Waals surface area contributed by atoms with E-state index in [-0.39, 0.29) is 11.5 Å². The van der Waals surface area contributed by atoms with Gasteiger partial charge in [0.1, 0.15) is 18.1 Å². The molecule has 0 amide bonds. The molecule has 6 nitrogen and oxygen atoms in total. The fourth-order valence-electron chi connectivity index (χ4n) is 1.15. The number of carboxylic acids is 1. The van der Waals surface area contributed by atoms with Crippen LogP contribution in [0.25, 0.3) is 0 Å². The monoisotopic (exact) mass is 335 g/mol. The molecule has 0 rings (SSSR count). The van der Waals surface area contributed by atoms with Gasteiger partial charge < -0.3 is 14.6 Å². The van der Waals surface area contributed by atoms with Crippen LogP contribution in [0.3, 0.4) is 0 Å². The maximum Gasteiger partial charge on any atom is 0.334 e. The van der Waals surface area contributed by atoms with Gasteiger partial charge in [0.15, 0.2) is 0 Å². The van der Waals surface area contributed by atoms with Crippen LogP contribution in [0, 0.1) is 11.3 Å². The maximum absolute atomic E-state index is 10.5. The summed E-state index contributed by atoms with van der Waals surface area (Å²) in [6.45, 7) is 12.5. The second kappa shape index (κ2) is 15.1. The lowest BCUT2D eigenvalue weighted by atomic mass is 10.2. The van der Waals surface area contributed by atoms with Crippen molar-refractivity contribution in [2.45, 2.75) is 40.0 Å². The Balaban J connectivity index is 0. The Morgan fingerprint density at radius 1 is 1.25 bits per heavy atom. The summed E-state index contributed by atoms with van der Waals surface area (Å²) in [4.78, 5) is 20.8. The van der Waals surface area contributed by atoms with Crippen LogP contribution in [0.5, 0.6) is 0 Å². The van der Waals surface area contributed by atoms with Gasteiger partial charge in [-0.25, -0.2) is 9.59 Å². The number of nitrogens with zero attached hydrogens (tertiary/aromatic N) is 1. The molecule has 0 atom stereocenters. The standard InChI is InChI=1S/C11H13NO3.C7H12O2/c1-4-9(6-12)10(5-2)15-7-8(3)11(13)14;1-3-5-6-9-7(8)4-2/h4,7H,1,5H2,2-3H3,(H,13,14);4H,2-3,5-6H2,1H3. The molecule has 0 saturated carbocycles. The number of carbonyl (C=O) groups is 2. The van der Waals surface area contributed by atoms with E-state index in [1.807, 2.05) is 13.0 Å². The fourth-order valence-corrected chi connectivity index (χ4v) is 1.15. The molecule has 0 aliphatic heterocycles. The average Bonchev–Trinajstić information content (AvgIpc) is 2.58. The summed E-state index contributed by atoms with van der Waals surface area (Å²) < 4.78 is 9.78. The quantitative estimate of drug-likeness (QED) is 0.171. The highest BCUT2D eigenvalue weighted by Gasteiger charge is 2.04. The fraction of sp³-hybridized carbons (Fsp3) is 0.389. The van der Waals surface area contributed by atoms with Crippen LogP contribution in [0.2, 0.25) is 0 Å². The summed E-state index contributed by atoms with van der Waals surface area (Å²) in [6, 6.07) is 1.92. The molecule has 0 aromatic carbocycles. The number of esters is 1. The minimum absolute atomic E-state index is 0.0716. The first kappa shape index (κ1) is 23.5. The predicted octanol–water partition coefficient (Wildman–Crippen LogP) is 3.88. The molecule has 0 aliphatic carbocycles. The zero-order valence-electron chi connectivity index (χ0n) is 14.5. The summed E-state index contributed by atoms with van der Waals surface area (Å²) in [6.07, 6.45) is 6.14. The lowest BCUT2D eigenvalue weighted by Gasteiger charge is -2.04. The highest BCUT2D eigenvalue weighted by atomic mass is 16.5. The van der Waals surface area contributed by atoms with E-state index >= 15 is 0 Å². The normalized spacial score (nSPS) is 11.0. The first-order valence-corrected chi connectivity index (χ1v) is 7.49. The number of hydrogen-bond donors (Lipinski definition) is 1. The Hall–Kier alpha value is -2.81. The average molecular weight is 335 g/mol. The topological polar surface area (TPSA) is 96.6 Å². The van der Waals surface area contributed by atoms with Crippen LogP contribution < -0.4 is 0 Å². The van der Waals surface area contributed by atoms with Gasteiger partial charge >= 0.3 is 11.9 Å². The summed E-state index contributed by atoms with van der Waals surface area (Å²) in [5, 5.41) is 17.3. The van der Waals surface area contributed by atoms with Crippen LogP contribution in [-0.4, -0.2) is 23.7 Å². The van der Waals surface area contributed by atoms with E-state index in [1.165, 1.54) is 19.1 Å². The molecule has 0 bridgehead atoms. The van der Waals surface area contributed by atoms with Crippen molar-refractivity contribution in [2.75, 3.05) is 6.61 Å². The number of unbranched alkanes of at least 4 members (excludes halogenated alkanes) is 1. The minimum atomic E-state index is -1.05. The first-order valence-electron chi connectivity index (χ1n) is 7.49. The van der Waals surface area contributed by atoms with Gasteiger partial charge in [-0.15, -0.1) is 0 Å². The lowest BCUT2D eigenvalue weighted by molar-refractivity contribution is -0.138. The van der Waals surface area contributed by atoms with Gasteiger partial charge in [0.2, 0.25) is 0 Å². The maximum atomic E-state index is 10.5. The van der Waals surface area contributed by atoms with Crippen molar-refractivity contribution in [2.24, 2.45) is 0 Å². The van der Waals surface area contributed by atoms with Gasteiger partial charge in [-0.3, -0.25) is 0 Å². The zero-order chi connectivity index (χ0) is 19.0. The number of ether oxygens (including phenoxy) is 2. The first-order chi connectivity index (χ1) is 11.4. The Kier molecular flexibility index (Phi) is 14.8. The second-order valence-corrected chi connectivity index (χ2v) is 4.46. The zero-order valence-corrected chi connectivity index (χ0v) is 14.5. The van der Waals surface area contributed by atoms with Crippen molar-refractivity contribution in [3.63, 3.8) is 0 Å². The lowest BCUT2D eigenvalue weighted by Crippen LogP contribution is -2.00. The molecule has 132 valence electrons. The third-order valence-corrected chi connectivity index (χ3v) is 2.57. The molecular formula is C18H25NO5. The third kappa shape index (κ3) is 11.8. The molecule has 0 fully saturated rings. The van der Waals surface area contributed by atoms with Gasteiger partial charge in [0.05, 0.1) is 17.8 Å². The number of hydrogen-bond acceptors (Lipinski definition) is 5. The van der Waals surface area contributed by atoms with Gasteiger partial charge in [-0.2, -0.15) is 5.26 Å². The van der Waals surface area contributed by atoms with Crippen LogP contribution in [-0.2, 0) is 19.1 Å². The summed E-state index contributed by atoms with van der Waals surface area (Å²) in [5.41, 5.74) is 0.384. The van der Waals surface area contributed by atoms with E-state index in [0.717, 1.165) is 19.1 Å². The molecule has 0 saturated heterocycles. The molecular weight excluding hydrogens is 310 g/mol. The molecule has 6 heteroatoms. The van der Waals surface area contributed by atoms with E-state index in [2.05, 4.69) is 17.9 Å². The molecule has 0 aromatic heterocycles. The number of carbonyl (C=O) groups excluding carboxylic acids is 1. The Bertz CT molecular complexity index is 538. The van der Waals surface area contributed by atoms with Crippen LogP contribution in [0.15, 0.2) is 48.5 Å². The van der Waals surface area contributed by atoms with Crippen LogP contribution >= 0.6 is 0 Å². The van der Waals surface area contributed by atoms with Crippen molar-refractivity contribution in [3.8, 4) is 6.07 Å². The molecule has 0 radical (unpaired) electrons. The van der Waals surface area contributed by atoms with E-state index < -0.39 is 5.97 Å². The minimum Gasteiger partial charge on any atom is -0.478 e. The molecule has 0 aromatic rings. The van der Waals surface area contributed by atoms with E-state index in [0.29, 0.717) is 24.4 Å². The van der Waals surface area contributed by atoms with Gasteiger partial charge in [-0.1, -0.05) is 33.4 Å². The summed E-state index contributed by atoms with van der Waals surface area (Å²) in [7, 11) is 0. The number of nitriles is 1. The molecule has 0 aliphatic rings. The highest BCUT2D eigenvalue weighted by Crippen LogP contribution is 2.12. The SMILES string of the molecule is C=CC(=O)OCCCC.C=CC(C#N)=C(CC)OC=C(C)C(=O)O. The van der Waals surface area contributed by atoms with Crippen molar-refractivity contribution < 1.29 is 24.2 Å². The van der Waals surface area contributed by atoms with Crippen molar-refractivity contribution in [1.29, 1.82) is 5.26 Å². The van der Waals surface area contributed by atoms with Crippen LogP contribution in [0.4, 0.5) is 0 Å². The second-order valence-electron chi connectivity index (χ2n) is 4.46. The Morgan fingerprint density at radius 3 is 2.25 bits per heavy atom. The van der Waals surface area contributed by atoms with Gasteiger partial charge in [0.25, 0.3) is 0 Å². The van der Waals surface area contributed by atoms with Crippen LogP contribution in [0.1, 0.15) is 40.0 Å². The van der Waals surface area contributed by atoms with Crippen molar-refractivity contribution in [1.82, 2.24) is 0 Å². The molecule has 0 heterocycles. The van der Waals surface area contributed by atoms with Crippen molar-refractivity contribution in [3.05, 3.63) is 48.5 Å². The Labute approximate surface area is 143 Å². The number of rotatable bonds is 9. The highest BCUT2D eigenvalue weighted by molar-refractivity contribution is 5.85. The number of carboxylic acid groups (broad SMARTS) is 1. The molecule has 0 unspecified atom stereocenters. The Morgan fingerprint density at radius 2 is 1.88 bits per heavy atom. The molecule has 0 spiro atoms. The largest absolute Gasteiger partial charge is 0.478 e. The predicted molar refractivity (Wildman–Crippen MR) is 91.7 cm³/mol.